The lowest BCUT2D eigenvalue weighted by molar-refractivity contribution is -0.176. The van der Waals surface area contributed by atoms with Crippen molar-refractivity contribution < 1.29 is 33.4 Å². The van der Waals surface area contributed by atoms with Crippen molar-refractivity contribution in [2.24, 2.45) is 11.8 Å². The summed E-state index contributed by atoms with van der Waals surface area (Å²) in [4.78, 5) is 68.0. The molecule has 1 saturated heterocycles. The number of nitrogens with zero attached hydrogens (tertiary/aromatic N) is 1. The van der Waals surface area contributed by atoms with E-state index in [1.54, 1.807) is 27.7 Å². The Kier molecular flexibility index (Phi) is 7.89. The van der Waals surface area contributed by atoms with Crippen molar-refractivity contribution in [3.8, 4) is 0 Å². The van der Waals surface area contributed by atoms with Gasteiger partial charge < -0.3 is 24.5 Å². The molecule has 1 aliphatic rings. The van der Waals surface area contributed by atoms with E-state index in [-0.39, 0.29) is 12.0 Å². The van der Waals surface area contributed by atoms with Crippen LogP contribution >= 0.6 is 0 Å². The van der Waals surface area contributed by atoms with Gasteiger partial charge in [0.05, 0.1) is 11.8 Å². The summed E-state index contributed by atoms with van der Waals surface area (Å²) in [5.41, 5.74) is -0.994. The van der Waals surface area contributed by atoms with E-state index >= 15 is 0 Å². The number of aryl methyl sites for hydroxylation is 1. The maximum atomic E-state index is 12.6. The van der Waals surface area contributed by atoms with Gasteiger partial charge in [-0.15, -0.1) is 0 Å². The predicted octanol–water partition coefficient (Wildman–Crippen LogP) is 0.259. The van der Waals surface area contributed by atoms with Crippen LogP contribution in [0.15, 0.2) is 11.0 Å². The Hall–Kier alpha value is -3.24. The Labute approximate surface area is 178 Å². The molecule has 4 atom stereocenters. The van der Waals surface area contributed by atoms with E-state index in [2.05, 4.69) is 15.3 Å². The zero-order valence-electron chi connectivity index (χ0n) is 18.1. The number of esters is 3. The first kappa shape index (κ1) is 24.0. The molecule has 2 rings (SSSR count). The Morgan fingerprint density at radius 2 is 1.97 bits per heavy atom. The second-order valence-corrected chi connectivity index (χ2v) is 7.58. The van der Waals surface area contributed by atoms with Crippen molar-refractivity contribution in [2.75, 3.05) is 6.61 Å². The van der Waals surface area contributed by atoms with Gasteiger partial charge in [0, 0.05) is 6.20 Å². The fraction of sp³-hybridized carbons (Fsp3) is 0.600. The summed E-state index contributed by atoms with van der Waals surface area (Å²) in [6, 6.07) is -1.36. The minimum absolute atomic E-state index is 0.276. The number of aromatic nitrogens is 2. The first-order valence-corrected chi connectivity index (χ1v) is 9.99. The summed E-state index contributed by atoms with van der Waals surface area (Å²) in [6.45, 7) is 7.53. The van der Waals surface area contributed by atoms with Crippen molar-refractivity contribution in [3.63, 3.8) is 0 Å². The number of nitrogens with one attached hydrogen (secondary N) is 2. The van der Waals surface area contributed by atoms with Crippen LogP contribution in [0.1, 0.15) is 50.3 Å². The van der Waals surface area contributed by atoms with Gasteiger partial charge in [-0.3, -0.25) is 19.2 Å². The van der Waals surface area contributed by atoms with Gasteiger partial charge in [0.25, 0.3) is 11.5 Å². The molecule has 0 unspecified atom stereocenters. The molecular formula is C20H27N3O8. The molecule has 31 heavy (non-hydrogen) atoms. The number of rotatable bonds is 5. The van der Waals surface area contributed by atoms with Crippen LogP contribution in [0.2, 0.25) is 0 Å². The number of ether oxygens (including phenoxy) is 3. The highest BCUT2D eigenvalue weighted by molar-refractivity contribution is 5.96. The summed E-state index contributed by atoms with van der Waals surface area (Å²) >= 11 is 0. The number of carbonyl (C=O) groups excluding carboxylic acids is 4. The van der Waals surface area contributed by atoms with Crippen LogP contribution in [0, 0.1) is 18.8 Å². The zero-order chi connectivity index (χ0) is 23.3. The van der Waals surface area contributed by atoms with E-state index in [1.807, 2.05) is 0 Å². The number of hydrogen-bond donors (Lipinski definition) is 2. The van der Waals surface area contributed by atoms with Gasteiger partial charge in [-0.25, -0.2) is 9.78 Å². The summed E-state index contributed by atoms with van der Waals surface area (Å²) in [5, 5.41) is 2.33. The monoisotopic (exact) mass is 437 g/mol. The van der Waals surface area contributed by atoms with Crippen LogP contribution in [-0.2, 0) is 28.6 Å². The second-order valence-electron chi connectivity index (χ2n) is 7.58. The Bertz CT molecular complexity index is 910. The maximum Gasteiger partial charge on any atom is 0.332 e. The minimum Gasteiger partial charge on any atom is -0.463 e. The van der Waals surface area contributed by atoms with E-state index in [0.29, 0.717) is 5.82 Å². The first-order chi connectivity index (χ1) is 14.5. The van der Waals surface area contributed by atoms with Crippen LogP contribution in [0.4, 0.5) is 0 Å². The van der Waals surface area contributed by atoms with E-state index < -0.39 is 66.1 Å². The third-order valence-electron chi connectivity index (χ3n) is 4.78. The summed E-state index contributed by atoms with van der Waals surface area (Å²) in [7, 11) is 0. The second kappa shape index (κ2) is 10.2. The molecule has 1 aromatic rings. The Balaban J connectivity index is 2.24. The molecule has 1 amide bonds. The number of carbonyl (C=O) groups is 4. The summed E-state index contributed by atoms with van der Waals surface area (Å²) in [5.74, 6) is -4.00. The summed E-state index contributed by atoms with van der Waals surface area (Å²) < 4.78 is 16.0. The smallest absolute Gasteiger partial charge is 0.332 e. The number of aromatic amines is 1. The molecule has 11 heteroatoms. The van der Waals surface area contributed by atoms with Gasteiger partial charge in [0.2, 0.25) is 0 Å². The minimum atomic E-state index is -1.36. The van der Waals surface area contributed by atoms with Gasteiger partial charge in [0.15, 0.2) is 12.1 Å². The molecule has 1 aromatic heterocycles. The molecule has 0 aromatic carbocycles. The average molecular weight is 437 g/mol. The van der Waals surface area contributed by atoms with E-state index in [4.69, 9.17) is 14.2 Å². The van der Waals surface area contributed by atoms with Crippen molar-refractivity contribution in [3.05, 3.63) is 27.9 Å². The third-order valence-corrected chi connectivity index (χ3v) is 4.78. The molecule has 0 spiro atoms. The van der Waals surface area contributed by atoms with E-state index in [9.17, 15) is 24.0 Å². The Morgan fingerprint density at radius 1 is 1.29 bits per heavy atom. The first-order valence-electron chi connectivity index (χ1n) is 9.99. The molecule has 2 N–H and O–H groups in total. The Morgan fingerprint density at radius 3 is 2.55 bits per heavy atom. The molecule has 0 saturated carbocycles. The number of H-pyrrole nitrogens is 1. The highest BCUT2D eigenvalue weighted by Gasteiger charge is 2.41. The topological polar surface area (TPSA) is 154 Å². The van der Waals surface area contributed by atoms with Crippen molar-refractivity contribution in [1.29, 1.82) is 0 Å². The molecule has 11 nitrogen and oxygen atoms in total. The van der Waals surface area contributed by atoms with Crippen LogP contribution in [0.3, 0.4) is 0 Å². The molecule has 170 valence electrons. The largest absolute Gasteiger partial charge is 0.463 e. The number of cyclic esters (lactones) is 2. The average Bonchev–Trinajstić information content (AvgIpc) is 2.72. The van der Waals surface area contributed by atoms with Crippen LogP contribution in [-0.4, -0.2) is 58.6 Å². The van der Waals surface area contributed by atoms with Gasteiger partial charge in [-0.05, 0) is 20.3 Å². The van der Waals surface area contributed by atoms with Crippen LogP contribution in [0.5, 0.6) is 0 Å². The molecular weight excluding hydrogens is 410 g/mol. The van der Waals surface area contributed by atoms with Crippen molar-refractivity contribution in [2.45, 2.75) is 59.3 Å². The molecule has 0 aliphatic carbocycles. The van der Waals surface area contributed by atoms with Crippen molar-refractivity contribution in [1.82, 2.24) is 15.3 Å². The van der Waals surface area contributed by atoms with Gasteiger partial charge in [-0.2, -0.15) is 0 Å². The van der Waals surface area contributed by atoms with Gasteiger partial charge in [-0.1, -0.05) is 20.8 Å². The lowest BCUT2D eigenvalue weighted by atomic mass is 9.95. The van der Waals surface area contributed by atoms with Gasteiger partial charge >= 0.3 is 17.9 Å². The van der Waals surface area contributed by atoms with Gasteiger partial charge in [0.1, 0.15) is 24.1 Å². The molecule has 1 fully saturated rings. The van der Waals surface area contributed by atoms with Crippen molar-refractivity contribution >= 4 is 23.8 Å². The molecule has 0 bridgehead atoms. The fourth-order valence-corrected chi connectivity index (χ4v) is 2.96. The number of amides is 1. The summed E-state index contributed by atoms with van der Waals surface area (Å²) in [6.07, 6.45) is -0.671. The fourth-order valence-electron chi connectivity index (χ4n) is 2.96. The van der Waals surface area contributed by atoms with E-state index in [0.717, 1.165) is 6.20 Å². The highest BCUT2D eigenvalue weighted by Crippen LogP contribution is 2.23. The lowest BCUT2D eigenvalue weighted by Gasteiger charge is -2.29. The highest BCUT2D eigenvalue weighted by atomic mass is 16.6. The predicted molar refractivity (Wildman–Crippen MR) is 106 cm³/mol. The van der Waals surface area contributed by atoms with Crippen LogP contribution < -0.4 is 10.9 Å². The van der Waals surface area contributed by atoms with Crippen LogP contribution in [0.25, 0.3) is 0 Å². The standard InChI is InChI=1S/C20H27N3O8/c1-6-12-15(31-18(26)9(2)3)10(4)30-20(28)14(8-29-19(12)27)23-17(25)13-7-21-11(5)22-16(13)24/h7,9-10,12,14-15H,6,8H2,1-5H3,(H,23,25)(H,21,22,24)/t10-,12+,14-,15-/m0/s1. The molecule has 2 heterocycles. The number of hydrogen-bond acceptors (Lipinski definition) is 9. The molecule has 0 radical (unpaired) electrons. The molecule has 1 aliphatic heterocycles. The lowest BCUT2D eigenvalue weighted by Crippen LogP contribution is -2.47. The zero-order valence-corrected chi connectivity index (χ0v) is 18.1. The normalized spacial score (nSPS) is 24.3. The SMILES string of the molecule is CC[C@H]1C(=O)OC[C@H](NC(=O)c2cnc(C)[nH]c2=O)C(=O)O[C@@H](C)[C@@H]1OC(=O)C(C)C. The van der Waals surface area contributed by atoms with E-state index in [1.165, 1.54) is 6.92 Å². The quantitative estimate of drug-likeness (QED) is 0.487. The maximum absolute atomic E-state index is 12.6. The third kappa shape index (κ3) is 5.89.